The number of hydrogen-bond acceptors (Lipinski definition) is 0. The second-order valence-corrected chi connectivity index (χ2v) is 28.4. The minimum absolute atomic E-state index is 0. The summed E-state index contributed by atoms with van der Waals surface area (Å²) in [5.41, 5.74) is 14.0. The summed E-state index contributed by atoms with van der Waals surface area (Å²) in [5, 5.41) is 4.56. The zero-order valence-electron chi connectivity index (χ0n) is 27.9. The molecule has 0 N–H and O–H groups in total. The quantitative estimate of drug-likeness (QED) is 0.245. The van der Waals surface area contributed by atoms with Gasteiger partial charge in [0.1, 0.15) is 0 Å². The van der Waals surface area contributed by atoms with Crippen LogP contribution in [0.3, 0.4) is 0 Å². The van der Waals surface area contributed by atoms with E-state index in [-0.39, 0.29) is 24.8 Å². The number of rotatable bonds is 6. The molecular weight excluding hydrogens is 742 g/mol. The molecule has 2 aliphatic carbocycles. The third-order valence-electron chi connectivity index (χ3n) is 9.73. The molecule has 0 spiro atoms. The largest absolute Gasteiger partial charge is 1.00 e. The van der Waals surface area contributed by atoms with Gasteiger partial charge in [0.15, 0.2) is 0 Å². The van der Waals surface area contributed by atoms with E-state index in [0.29, 0.717) is 19.1 Å². The molecule has 6 rings (SSSR count). The van der Waals surface area contributed by atoms with Gasteiger partial charge in [0.05, 0.1) is 0 Å². The Balaban J connectivity index is 0.00000240. The average molecular weight is 784 g/mol. The Morgan fingerprint density at radius 3 is 1.22 bits per heavy atom. The Labute approximate surface area is 306 Å². The van der Waals surface area contributed by atoms with Gasteiger partial charge in [-0.3, -0.25) is 0 Å². The van der Waals surface area contributed by atoms with Gasteiger partial charge in [-0.15, -0.1) is 0 Å². The van der Waals surface area contributed by atoms with Crippen LogP contribution in [0.15, 0.2) is 83.9 Å². The first kappa shape index (κ1) is 37.4. The van der Waals surface area contributed by atoms with Gasteiger partial charge < -0.3 is 24.8 Å². The molecule has 4 aromatic rings. The summed E-state index contributed by atoms with van der Waals surface area (Å²) in [6.45, 7) is 18.9. The summed E-state index contributed by atoms with van der Waals surface area (Å²) in [4.78, 5) is 0. The Hall–Kier alpha value is -1.38. The summed E-state index contributed by atoms with van der Waals surface area (Å²) >= 11 is 10.3. The van der Waals surface area contributed by atoms with Crippen LogP contribution in [0.2, 0.25) is 10.0 Å². The first-order chi connectivity index (χ1) is 21.0. The van der Waals surface area contributed by atoms with Crippen LogP contribution in [-0.2, 0) is 20.4 Å². The number of allylic oxidation sites excluding steroid dienone is 2. The monoisotopic (exact) mass is 780 g/mol. The van der Waals surface area contributed by atoms with E-state index in [2.05, 4.69) is 140 Å². The van der Waals surface area contributed by atoms with Crippen LogP contribution >= 0.6 is 23.2 Å². The molecule has 4 aromatic carbocycles. The molecule has 46 heavy (non-hydrogen) atoms. The molecule has 0 radical (unpaired) electrons. The molecule has 0 heterocycles. The van der Waals surface area contributed by atoms with Crippen molar-refractivity contribution in [1.82, 2.24) is 0 Å². The van der Waals surface area contributed by atoms with Gasteiger partial charge in [-0.2, -0.15) is 0 Å². The molecule has 2 atom stereocenters. The second kappa shape index (κ2) is 15.0. The zero-order chi connectivity index (χ0) is 31.4. The van der Waals surface area contributed by atoms with Gasteiger partial charge in [0, 0.05) is 0 Å². The summed E-state index contributed by atoms with van der Waals surface area (Å²) in [5.74, 6) is 0.974. The molecule has 0 aliphatic heterocycles. The van der Waals surface area contributed by atoms with Gasteiger partial charge in [-0.25, -0.2) is 0 Å². The molecule has 0 amide bonds. The summed E-state index contributed by atoms with van der Waals surface area (Å²) in [6, 6.07) is 27.4. The first-order valence-electron chi connectivity index (χ1n) is 15.9. The predicted octanol–water partition coefficient (Wildman–Crippen LogP) is 4.91. The maximum atomic E-state index is 6.52. The fraction of sp³-hybridized carbons (Fsp3) is 0.300. The number of fused-ring (bicyclic) bond motifs is 2. The molecule has 2 unspecified atom stereocenters. The summed E-state index contributed by atoms with van der Waals surface area (Å²) < 4.78 is 0.987. The molecule has 2 aliphatic rings. The Kier molecular flexibility index (Phi) is 12.2. The van der Waals surface area contributed by atoms with E-state index >= 15 is 0 Å². The van der Waals surface area contributed by atoms with Crippen molar-refractivity contribution in [3.8, 4) is 0 Å². The van der Waals surface area contributed by atoms with E-state index in [9.17, 15) is 0 Å². The van der Waals surface area contributed by atoms with Crippen LogP contribution in [-0.4, -0.2) is 5.43 Å². The number of benzene rings is 4. The van der Waals surface area contributed by atoms with Gasteiger partial charge in [-0.05, 0) is 0 Å². The molecule has 0 saturated heterocycles. The Morgan fingerprint density at radius 1 is 0.543 bits per heavy atom. The molecule has 238 valence electrons. The van der Waals surface area contributed by atoms with Crippen LogP contribution < -0.4 is 35.2 Å². The van der Waals surface area contributed by atoms with Crippen molar-refractivity contribution in [2.24, 2.45) is 0 Å². The van der Waals surface area contributed by atoms with E-state index in [4.69, 9.17) is 23.2 Å². The maximum absolute atomic E-state index is 6.52. The van der Waals surface area contributed by atoms with E-state index in [1.807, 2.05) is 0 Å². The standard InChI is InChI=1S/2C14H17.C12H8Cl2Si.2ClH.Zr/c2*1-9(2)12-6-5-11(4)13-7-10(3)8-14(12)13;13-9-1-5-11(6-2-9)15-12-7-3-10(14)4-8-12;;;/h2*5-9H,1-4H3;1-8H;2*1H;/q;;;;;+2/p-2. The SMILES string of the molecule is CC1=Cc2c(C(C)C)ccc(C)c2[CH]1[Zr+2]([CH]1C(C)=Cc2c(C(C)C)ccc(C)c21)=[Si](c1ccc(Cl)cc1)c1ccc(Cl)cc1.[Cl-].[Cl-]. The molecule has 6 heteroatoms. The van der Waals surface area contributed by atoms with Crippen molar-refractivity contribution >= 4 is 51.2 Å². The maximum Gasteiger partial charge on any atom is -1.00 e. The van der Waals surface area contributed by atoms with Gasteiger partial charge in [0.25, 0.3) is 0 Å². The van der Waals surface area contributed by atoms with E-state index in [0.717, 1.165) is 10.0 Å². The Bertz CT molecular complexity index is 1730. The topological polar surface area (TPSA) is 0 Å². The third-order valence-corrected chi connectivity index (χ3v) is 31.3. The molecule has 0 saturated carbocycles. The molecule has 0 aromatic heterocycles. The van der Waals surface area contributed by atoms with Crippen LogP contribution in [0.25, 0.3) is 12.2 Å². The van der Waals surface area contributed by atoms with Crippen molar-refractivity contribution in [3.63, 3.8) is 0 Å². The molecule has 0 nitrogen and oxygen atoms in total. The number of halogens is 4. The minimum Gasteiger partial charge on any atom is -1.00 e. The average Bonchev–Trinajstić information content (AvgIpc) is 3.50. The summed E-state index contributed by atoms with van der Waals surface area (Å²) in [7, 11) is 0. The fourth-order valence-electron chi connectivity index (χ4n) is 7.69. The van der Waals surface area contributed by atoms with Crippen molar-refractivity contribution < 1.29 is 45.2 Å². The zero-order valence-corrected chi connectivity index (χ0v) is 34.4. The predicted molar refractivity (Wildman–Crippen MR) is 191 cm³/mol. The van der Waals surface area contributed by atoms with Crippen molar-refractivity contribution in [1.29, 1.82) is 0 Å². The van der Waals surface area contributed by atoms with Gasteiger partial charge >= 0.3 is 285 Å². The van der Waals surface area contributed by atoms with E-state index in [1.165, 1.54) is 43.8 Å². The normalized spacial score (nSPS) is 16.2. The van der Waals surface area contributed by atoms with Crippen LogP contribution in [0.5, 0.6) is 0 Å². The Morgan fingerprint density at radius 2 is 0.891 bits per heavy atom. The van der Waals surface area contributed by atoms with Crippen LogP contribution in [0, 0.1) is 13.8 Å². The van der Waals surface area contributed by atoms with E-state index < -0.39 is 25.8 Å². The third kappa shape index (κ3) is 6.75. The van der Waals surface area contributed by atoms with Crippen LogP contribution in [0.4, 0.5) is 0 Å². The molecular formula is C40H42Cl4SiZr. The van der Waals surface area contributed by atoms with Crippen molar-refractivity contribution in [2.45, 2.75) is 74.5 Å². The minimum atomic E-state index is -2.70. The molecule has 0 fully saturated rings. The smallest absolute Gasteiger partial charge is 1.00 e. The fourth-order valence-corrected chi connectivity index (χ4v) is 33.6. The van der Waals surface area contributed by atoms with Gasteiger partial charge in [0.2, 0.25) is 0 Å². The number of hydrogen-bond donors (Lipinski definition) is 0. The first-order valence-corrected chi connectivity index (χ1v) is 24.6. The summed E-state index contributed by atoms with van der Waals surface area (Å²) in [6.07, 6.45) is 5.14. The van der Waals surface area contributed by atoms with Gasteiger partial charge in [-0.1, -0.05) is 0 Å². The molecule has 0 bridgehead atoms. The second-order valence-electron chi connectivity index (χ2n) is 13.4. The van der Waals surface area contributed by atoms with E-state index in [1.54, 1.807) is 22.3 Å². The van der Waals surface area contributed by atoms with Crippen molar-refractivity contribution in [3.05, 3.63) is 138 Å². The van der Waals surface area contributed by atoms with Crippen LogP contribution in [0.1, 0.15) is 105 Å². The number of aryl methyl sites for hydroxylation is 2. The van der Waals surface area contributed by atoms with Crippen molar-refractivity contribution in [2.75, 3.05) is 0 Å².